The van der Waals surface area contributed by atoms with Crippen LogP contribution in [-0.2, 0) is 6.54 Å². The van der Waals surface area contributed by atoms with E-state index in [0.29, 0.717) is 30.2 Å². The van der Waals surface area contributed by atoms with Gasteiger partial charge in [-0.3, -0.25) is 4.98 Å². The number of fused-ring (bicyclic) bond motifs is 1. The van der Waals surface area contributed by atoms with E-state index in [9.17, 15) is 9.90 Å². The van der Waals surface area contributed by atoms with Crippen LogP contribution in [-0.4, -0.2) is 33.8 Å². The number of aromatic nitrogens is 2. The number of nitriles is 1. The van der Waals surface area contributed by atoms with Gasteiger partial charge in [-0.25, -0.2) is 4.79 Å². The van der Waals surface area contributed by atoms with Gasteiger partial charge in [-0.05, 0) is 55.5 Å². The first kappa shape index (κ1) is 20.9. The summed E-state index contributed by atoms with van der Waals surface area (Å²) in [7, 11) is 0. The Morgan fingerprint density at radius 1 is 1.09 bits per heavy atom. The third-order valence-corrected chi connectivity index (χ3v) is 5.03. The van der Waals surface area contributed by atoms with Crippen molar-refractivity contribution >= 4 is 16.9 Å². The van der Waals surface area contributed by atoms with Crippen LogP contribution in [0, 0.1) is 11.3 Å². The molecular weight excluding hydrogens is 406 g/mol. The number of hydrogen-bond donors (Lipinski definition) is 1. The fourth-order valence-corrected chi connectivity index (χ4v) is 3.61. The van der Waals surface area contributed by atoms with Gasteiger partial charge in [0.05, 0.1) is 36.0 Å². The molecule has 0 amide bonds. The van der Waals surface area contributed by atoms with Gasteiger partial charge in [0.1, 0.15) is 23.8 Å². The molecule has 0 radical (unpaired) electrons. The van der Waals surface area contributed by atoms with E-state index in [2.05, 4.69) is 11.1 Å². The van der Waals surface area contributed by atoms with Gasteiger partial charge in [0.25, 0.3) is 0 Å². The minimum atomic E-state index is -1.02. The van der Waals surface area contributed by atoms with E-state index >= 15 is 0 Å². The first-order chi connectivity index (χ1) is 15.6. The van der Waals surface area contributed by atoms with E-state index in [1.807, 2.05) is 31.2 Å². The second kappa shape index (κ2) is 9.23. The fourth-order valence-electron chi connectivity index (χ4n) is 3.61. The van der Waals surface area contributed by atoms with Crippen LogP contribution in [0.4, 0.5) is 0 Å². The minimum Gasteiger partial charge on any atom is -0.494 e. The Kier molecular flexibility index (Phi) is 6.04. The van der Waals surface area contributed by atoms with E-state index in [1.54, 1.807) is 47.2 Å². The van der Waals surface area contributed by atoms with Crippen LogP contribution in [0.5, 0.6) is 11.5 Å². The summed E-state index contributed by atoms with van der Waals surface area (Å²) in [6, 6.07) is 19.9. The van der Waals surface area contributed by atoms with Crippen molar-refractivity contribution in [3.05, 3.63) is 78.1 Å². The van der Waals surface area contributed by atoms with Crippen LogP contribution in [0.1, 0.15) is 23.0 Å². The number of rotatable bonds is 8. The molecule has 2 aromatic heterocycles. The molecule has 0 aliphatic heterocycles. The molecule has 160 valence electrons. The Morgan fingerprint density at radius 2 is 1.91 bits per heavy atom. The van der Waals surface area contributed by atoms with Gasteiger partial charge in [0, 0.05) is 17.1 Å². The lowest BCUT2D eigenvalue weighted by molar-refractivity contribution is 0.0684. The van der Waals surface area contributed by atoms with Crippen molar-refractivity contribution in [3.8, 4) is 28.8 Å². The molecule has 0 unspecified atom stereocenters. The first-order valence-electron chi connectivity index (χ1n) is 10.2. The highest BCUT2D eigenvalue weighted by Crippen LogP contribution is 2.31. The van der Waals surface area contributed by atoms with E-state index in [0.717, 1.165) is 22.2 Å². The highest BCUT2D eigenvalue weighted by Gasteiger charge is 2.18. The van der Waals surface area contributed by atoms with Crippen molar-refractivity contribution in [2.24, 2.45) is 0 Å². The van der Waals surface area contributed by atoms with Gasteiger partial charge in [-0.2, -0.15) is 5.26 Å². The highest BCUT2D eigenvalue weighted by molar-refractivity contribution is 6.00. The first-order valence-corrected chi connectivity index (χ1v) is 10.2. The van der Waals surface area contributed by atoms with E-state index in [4.69, 9.17) is 14.7 Å². The molecule has 2 heterocycles. The maximum Gasteiger partial charge on any atom is 0.352 e. The summed E-state index contributed by atoms with van der Waals surface area (Å²) < 4.78 is 13.1. The maximum atomic E-state index is 11.9. The van der Waals surface area contributed by atoms with E-state index in [-0.39, 0.29) is 12.3 Å². The van der Waals surface area contributed by atoms with Crippen LogP contribution in [0.2, 0.25) is 0 Å². The molecule has 4 rings (SSSR count). The lowest BCUT2D eigenvalue weighted by atomic mass is 10.1. The van der Waals surface area contributed by atoms with Crippen LogP contribution in [0.15, 0.2) is 66.9 Å². The standard InChI is InChI=1S/C25H21N3O4/c1-2-31-20-5-3-4-18(14-20)24-21-15-23(25(29)30)28(22(21)10-11-27-24)12-13-32-19-8-6-17(16-26)7-9-19/h3-11,14-15H,2,12-13H2,1H3,(H,29,30). The van der Waals surface area contributed by atoms with Crippen LogP contribution >= 0.6 is 0 Å². The second-order valence-electron chi connectivity index (χ2n) is 7.02. The molecule has 7 nitrogen and oxygen atoms in total. The number of ether oxygens (including phenoxy) is 2. The Labute approximate surface area is 185 Å². The van der Waals surface area contributed by atoms with Crippen molar-refractivity contribution in [3.63, 3.8) is 0 Å². The largest absolute Gasteiger partial charge is 0.494 e. The highest BCUT2D eigenvalue weighted by atomic mass is 16.5. The predicted molar refractivity (Wildman–Crippen MR) is 120 cm³/mol. The van der Waals surface area contributed by atoms with Crippen molar-refractivity contribution in [1.82, 2.24) is 9.55 Å². The van der Waals surface area contributed by atoms with E-state index in [1.165, 1.54) is 0 Å². The van der Waals surface area contributed by atoms with Crippen molar-refractivity contribution < 1.29 is 19.4 Å². The quantitative estimate of drug-likeness (QED) is 0.436. The molecule has 0 saturated carbocycles. The van der Waals surface area contributed by atoms with Gasteiger partial charge in [-0.1, -0.05) is 12.1 Å². The fraction of sp³-hybridized carbons (Fsp3) is 0.160. The Balaban J connectivity index is 1.66. The number of hydrogen-bond acceptors (Lipinski definition) is 5. The van der Waals surface area contributed by atoms with Gasteiger partial charge in [-0.15, -0.1) is 0 Å². The SMILES string of the molecule is CCOc1cccc(-c2nccc3c2cc(C(=O)O)n3CCOc2ccc(C#N)cc2)c1. The summed E-state index contributed by atoms with van der Waals surface area (Å²) in [5.41, 5.74) is 3.02. The maximum absolute atomic E-state index is 11.9. The van der Waals surface area contributed by atoms with Crippen molar-refractivity contribution in [2.75, 3.05) is 13.2 Å². The number of pyridine rings is 1. The third-order valence-electron chi connectivity index (χ3n) is 5.03. The summed E-state index contributed by atoms with van der Waals surface area (Å²) in [6.07, 6.45) is 1.68. The topological polar surface area (TPSA) is 97.4 Å². The molecule has 0 fully saturated rings. The lowest BCUT2D eigenvalue weighted by Crippen LogP contribution is -2.13. The second-order valence-corrected chi connectivity index (χ2v) is 7.02. The van der Waals surface area contributed by atoms with Gasteiger partial charge in [0.15, 0.2) is 0 Å². The molecule has 0 saturated heterocycles. The summed E-state index contributed by atoms with van der Waals surface area (Å²) in [4.78, 5) is 16.5. The molecule has 0 aliphatic rings. The lowest BCUT2D eigenvalue weighted by Gasteiger charge is -2.11. The van der Waals surface area contributed by atoms with E-state index < -0.39 is 5.97 Å². The number of nitrogens with zero attached hydrogens (tertiary/aromatic N) is 3. The normalized spacial score (nSPS) is 10.6. The number of carbonyl (C=O) groups is 1. The Hall–Kier alpha value is -4.31. The zero-order chi connectivity index (χ0) is 22.5. The summed E-state index contributed by atoms with van der Waals surface area (Å²) in [5.74, 6) is 0.332. The summed E-state index contributed by atoms with van der Waals surface area (Å²) in [6.45, 7) is 3.09. The third kappa shape index (κ3) is 4.25. The molecule has 0 atom stereocenters. The van der Waals surface area contributed by atoms with Crippen molar-refractivity contribution in [1.29, 1.82) is 5.26 Å². The van der Waals surface area contributed by atoms with Crippen LogP contribution in [0.3, 0.4) is 0 Å². The molecule has 0 spiro atoms. The molecule has 0 bridgehead atoms. The molecule has 0 aliphatic carbocycles. The molecular formula is C25H21N3O4. The summed E-state index contributed by atoms with van der Waals surface area (Å²) in [5, 5.41) is 19.4. The average Bonchev–Trinajstić information content (AvgIpc) is 3.19. The Bertz CT molecular complexity index is 1300. The number of benzene rings is 2. The van der Waals surface area contributed by atoms with Crippen LogP contribution in [0.25, 0.3) is 22.2 Å². The summed E-state index contributed by atoms with van der Waals surface area (Å²) >= 11 is 0. The molecule has 7 heteroatoms. The van der Waals surface area contributed by atoms with Gasteiger partial charge in [0.2, 0.25) is 0 Å². The average molecular weight is 427 g/mol. The molecule has 32 heavy (non-hydrogen) atoms. The number of carboxylic acids is 1. The zero-order valence-corrected chi connectivity index (χ0v) is 17.5. The minimum absolute atomic E-state index is 0.165. The predicted octanol–water partition coefficient (Wildman–Crippen LogP) is 4.75. The Morgan fingerprint density at radius 3 is 2.62 bits per heavy atom. The van der Waals surface area contributed by atoms with Gasteiger partial charge >= 0.3 is 5.97 Å². The molecule has 2 aromatic carbocycles. The molecule has 4 aromatic rings. The van der Waals surface area contributed by atoms with Gasteiger partial charge < -0.3 is 19.1 Å². The molecule has 1 N–H and O–H groups in total. The number of carboxylic acid groups (broad SMARTS) is 1. The zero-order valence-electron chi connectivity index (χ0n) is 17.5. The van der Waals surface area contributed by atoms with Crippen molar-refractivity contribution in [2.45, 2.75) is 13.5 Å². The number of aromatic carboxylic acids is 1. The monoisotopic (exact) mass is 427 g/mol. The van der Waals surface area contributed by atoms with Crippen LogP contribution < -0.4 is 9.47 Å². The smallest absolute Gasteiger partial charge is 0.352 e.